The Balaban J connectivity index is -0.000000980. The summed E-state index contributed by atoms with van der Waals surface area (Å²) in [6.07, 6.45) is -0.737. The zero-order valence-electron chi connectivity index (χ0n) is 10.2. The molecule has 0 unspecified atom stereocenters. The first kappa shape index (κ1) is 21.6. The average Bonchev–Trinajstić information content (AvgIpc) is 2.10. The minimum Gasteiger partial charge on any atom is -0.550 e. The fourth-order valence-electron chi connectivity index (χ4n) is 0.793. The minimum atomic E-state index is -1.54. The molecule has 8 heteroatoms. The van der Waals surface area contributed by atoms with E-state index < -0.39 is 30.3 Å². The van der Waals surface area contributed by atoms with Gasteiger partial charge >= 0.3 is 37.7 Å². The summed E-state index contributed by atoms with van der Waals surface area (Å²) in [5.74, 6) is -3.57. The van der Waals surface area contributed by atoms with Crippen LogP contribution >= 0.6 is 0 Å². The third-order valence-corrected chi connectivity index (χ3v) is 1.61. The van der Waals surface area contributed by atoms with Gasteiger partial charge in [0.25, 0.3) is 0 Å². The van der Waals surface area contributed by atoms with Gasteiger partial charge in [-0.15, -0.1) is 0 Å². The Morgan fingerprint density at radius 3 is 2.00 bits per heavy atom. The van der Waals surface area contributed by atoms with Gasteiger partial charge in [-0.25, -0.2) is 0 Å². The SMILES string of the molecule is C=C(C)C(=O)N[C@@H](CCC(=O)[O-])C(=O)[O-].[Li+].[Li+]. The number of carboxylic acids is 2. The fourth-order valence-corrected chi connectivity index (χ4v) is 0.793. The van der Waals surface area contributed by atoms with Crippen LogP contribution in [0.2, 0.25) is 0 Å². The molecule has 84 valence electrons. The van der Waals surface area contributed by atoms with Crippen molar-refractivity contribution in [3.8, 4) is 0 Å². The van der Waals surface area contributed by atoms with E-state index >= 15 is 0 Å². The van der Waals surface area contributed by atoms with Crippen molar-refractivity contribution in [3.05, 3.63) is 12.2 Å². The standard InChI is InChI=1S/C9H13NO5.2Li/c1-5(2)8(13)10-6(9(14)15)3-4-7(11)12;;/h6H,1,3-4H2,2H3,(H,10,13)(H,11,12)(H,14,15);;/q;2*+1/p-2/t6-;;/m0../s1. The van der Waals surface area contributed by atoms with Gasteiger partial charge in [0.1, 0.15) is 0 Å². The summed E-state index contributed by atoms with van der Waals surface area (Å²) < 4.78 is 0. The van der Waals surface area contributed by atoms with E-state index in [4.69, 9.17) is 0 Å². The number of aliphatic carboxylic acids is 2. The summed E-state index contributed by atoms with van der Waals surface area (Å²) in [7, 11) is 0. The molecule has 1 atom stereocenters. The maximum atomic E-state index is 11.0. The zero-order chi connectivity index (χ0) is 12.0. The van der Waals surface area contributed by atoms with Crippen LogP contribution in [0.25, 0.3) is 0 Å². The average molecular weight is 227 g/mol. The van der Waals surface area contributed by atoms with E-state index in [1.807, 2.05) is 0 Å². The molecule has 0 aliphatic rings. The summed E-state index contributed by atoms with van der Waals surface area (Å²) in [6, 6.07) is -1.34. The van der Waals surface area contributed by atoms with E-state index in [2.05, 4.69) is 11.9 Å². The van der Waals surface area contributed by atoms with Crippen molar-refractivity contribution >= 4 is 17.8 Å². The van der Waals surface area contributed by atoms with E-state index in [0.29, 0.717) is 0 Å². The van der Waals surface area contributed by atoms with Crippen LogP contribution in [-0.4, -0.2) is 23.9 Å². The van der Waals surface area contributed by atoms with Crippen molar-refractivity contribution in [2.45, 2.75) is 25.8 Å². The van der Waals surface area contributed by atoms with Gasteiger partial charge in [-0.2, -0.15) is 0 Å². The Morgan fingerprint density at radius 2 is 1.71 bits per heavy atom. The van der Waals surface area contributed by atoms with Crippen molar-refractivity contribution in [1.29, 1.82) is 0 Å². The molecule has 0 bridgehead atoms. The Bertz CT molecular complexity index is 306. The first-order valence-corrected chi connectivity index (χ1v) is 4.21. The van der Waals surface area contributed by atoms with Crippen molar-refractivity contribution in [2.24, 2.45) is 0 Å². The van der Waals surface area contributed by atoms with Gasteiger partial charge in [0.15, 0.2) is 0 Å². The summed E-state index contributed by atoms with van der Waals surface area (Å²) in [4.78, 5) is 31.6. The minimum absolute atomic E-state index is 0. The van der Waals surface area contributed by atoms with Crippen molar-refractivity contribution in [1.82, 2.24) is 5.32 Å². The molecule has 0 aliphatic heterocycles. The van der Waals surface area contributed by atoms with Crippen molar-refractivity contribution in [2.75, 3.05) is 0 Å². The number of nitrogens with one attached hydrogen (secondary N) is 1. The molecular weight excluding hydrogens is 216 g/mol. The van der Waals surface area contributed by atoms with Gasteiger partial charge in [0, 0.05) is 11.5 Å². The molecule has 0 radical (unpaired) electrons. The molecule has 0 rings (SSSR count). The van der Waals surface area contributed by atoms with E-state index in [9.17, 15) is 24.6 Å². The number of carbonyl (C=O) groups is 3. The Hall–Kier alpha value is -0.655. The Kier molecular flexibility index (Phi) is 13.3. The van der Waals surface area contributed by atoms with Crippen LogP contribution in [0.1, 0.15) is 19.8 Å². The predicted molar refractivity (Wildman–Crippen MR) is 46.0 cm³/mol. The molecule has 1 N–H and O–H groups in total. The monoisotopic (exact) mass is 227 g/mol. The second-order valence-corrected chi connectivity index (χ2v) is 3.04. The van der Waals surface area contributed by atoms with E-state index in [1.54, 1.807) is 0 Å². The largest absolute Gasteiger partial charge is 1.00 e. The quantitative estimate of drug-likeness (QED) is 0.358. The molecule has 0 aromatic heterocycles. The summed E-state index contributed by atoms with van der Waals surface area (Å²) in [6.45, 7) is 4.71. The van der Waals surface area contributed by atoms with Gasteiger partial charge in [-0.3, -0.25) is 4.79 Å². The maximum Gasteiger partial charge on any atom is 1.00 e. The fraction of sp³-hybridized carbons (Fsp3) is 0.444. The molecule has 0 aliphatic carbocycles. The Morgan fingerprint density at radius 1 is 1.24 bits per heavy atom. The molecular formula is C9H11Li2NO5. The van der Waals surface area contributed by atoms with E-state index in [0.717, 1.165) is 0 Å². The first-order valence-electron chi connectivity index (χ1n) is 4.21. The van der Waals surface area contributed by atoms with Crippen LogP contribution in [0.3, 0.4) is 0 Å². The number of hydrogen-bond donors (Lipinski definition) is 1. The predicted octanol–water partition coefficient (Wildman–Crippen LogP) is -8.66. The molecule has 0 heterocycles. The number of carbonyl (C=O) groups excluding carboxylic acids is 3. The third kappa shape index (κ3) is 10.2. The molecule has 0 spiro atoms. The molecule has 0 fully saturated rings. The second kappa shape index (κ2) is 10.5. The Labute approximate surface area is 123 Å². The topological polar surface area (TPSA) is 109 Å². The summed E-state index contributed by atoms with van der Waals surface area (Å²) in [5.41, 5.74) is 0.134. The molecule has 6 nitrogen and oxygen atoms in total. The van der Waals surface area contributed by atoms with Crippen LogP contribution in [0.15, 0.2) is 12.2 Å². The van der Waals surface area contributed by atoms with Gasteiger partial charge in [0.05, 0.1) is 12.0 Å². The number of hydrogen-bond acceptors (Lipinski definition) is 5. The third-order valence-electron chi connectivity index (χ3n) is 1.61. The molecule has 17 heavy (non-hydrogen) atoms. The van der Waals surface area contributed by atoms with Gasteiger partial charge in [-0.1, -0.05) is 6.58 Å². The maximum absolute atomic E-state index is 11.0. The smallest absolute Gasteiger partial charge is 0.550 e. The second-order valence-electron chi connectivity index (χ2n) is 3.04. The zero-order valence-corrected chi connectivity index (χ0v) is 10.2. The van der Waals surface area contributed by atoms with Gasteiger partial charge in [-0.05, 0) is 19.8 Å². The van der Waals surface area contributed by atoms with Crippen LogP contribution < -0.4 is 53.3 Å². The van der Waals surface area contributed by atoms with Crippen molar-refractivity contribution in [3.63, 3.8) is 0 Å². The van der Waals surface area contributed by atoms with Crippen LogP contribution in [0, 0.1) is 0 Å². The van der Waals surface area contributed by atoms with Crippen molar-refractivity contribution < 1.29 is 62.3 Å². The van der Waals surface area contributed by atoms with Gasteiger partial charge in [0.2, 0.25) is 5.91 Å². The molecule has 0 saturated heterocycles. The normalized spacial score (nSPS) is 10.2. The number of carboxylic acid groups (broad SMARTS) is 2. The molecule has 0 saturated carbocycles. The molecule has 0 aromatic rings. The van der Waals surface area contributed by atoms with Crippen LogP contribution in [0.5, 0.6) is 0 Å². The summed E-state index contributed by atoms with van der Waals surface area (Å²) in [5, 5.41) is 22.7. The van der Waals surface area contributed by atoms with Gasteiger partial charge < -0.3 is 25.1 Å². The molecule has 0 aromatic carbocycles. The number of amides is 1. The van der Waals surface area contributed by atoms with Crippen LogP contribution in [0.4, 0.5) is 0 Å². The van der Waals surface area contributed by atoms with Crippen LogP contribution in [-0.2, 0) is 14.4 Å². The van der Waals surface area contributed by atoms with E-state index in [1.165, 1.54) is 6.92 Å². The first-order chi connectivity index (χ1) is 6.84. The summed E-state index contributed by atoms with van der Waals surface area (Å²) >= 11 is 0. The molecule has 1 amide bonds. The van der Waals surface area contributed by atoms with E-state index in [-0.39, 0.29) is 49.7 Å². The number of rotatable bonds is 6.